The van der Waals surface area contributed by atoms with Crippen molar-refractivity contribution in [1.82, 2.24) is 0 Å². The molecule has 182 valence electrons. The number of hydrogen-bond donors (Lipinski definition) is 3. The predicted molar refractivity (Wildman–Crippen MR) is 126 cm³/mol. The minimum Gasteiger partial charge on any atom is -0.393 e. The molecule has 32 heavy (non-hydrogen) atoms. The molecule has 4 aliphatic carbocycles. The van der Waals surface area contributed by atoms with Gasteiger partial charge >= 0.3 is 0 Å². The largest absolute Gasteiger partial charge is 0.393 e. The van der Waals surface area contributed by atoms with Gasteiger partial charge in [0.25, 0.3) is 0 Å². The van der Waals surface area contributed by atoms with Crippen LogP contribution in [-0.4, -0.2) is 44.8 Å². The van der Waals surface area contributed by atoms with Crippen molar-refractivity contribution in [3.63, 3.8) is 0 Å². The van der Waals surface area contributed by atoms with Crippen LogP contribution >= 0.6 is 0 Å². The second-order valence-corrected chi connectivity index (χ2v) is 13.2. The Hall–Kier alpha value is -0.420. The first-order valence-electron chi connectivity index (χ1n) is 13.3. The summed E-state index contributed by atoms with van der Waals surface area (Å²) in [5.74, 6) is 2.68. The first kappa shape index (κ1) is 23.3. The molecule has 4 saturated carbocycles. The van der Waals surface area contributed by atoms with Crippen molar-refractivity contribution in [2.75, 3.05) is 0 Å². The Morgan fingerprint density at radius 2 is 1.75 bits per heavy atom. The molecule has 0 bridgehead atoms. The summed E-state index contributed by atoms with van der Waals surface area (Å²) >= 11 is 0. The molecule has 0 aromatic rings. The summed E-state index contributed by atoms with van der Waals surface area (Å²) in [5, 5.41) is 33.4. The number of allylic oxidation sites excluding steroid dienone is 2. The number of hydrogen-bond acceptors (Lipinski definition) is 4. The Kier molecular flexibility index (Phi) is 5.31. The highest BCUT2D eigenvalue weighted by Crippen LogP contribution is 2.76. The summed E-state index contributed by atoms with van der Waals surface area (Å²) in [4.78, 5) is 0. The van der Waals surface area contributed by atoms with E-state index in [1.165, 1.54) is 24.8 Å². The van der Waals surface area contributed by atoms with Crippen molar-refractivity contribution >= 4 is 0 Å². The van der Waals surface area contributed by atoms with Gasteiger partial charge in [0.15, 0.2) is 0 Å². The lowest BCUT2D eigenvalue weighted by atomic mass is 9.42. The van der Waals surface area contributed by atoms with E-state index in [2.05, 4.69) is 47.6 Å². The van der Waals surface area contributed by atoms with Gasteiger partial charge in [-0.2, -0.15) is 0 Å². The molecule has 3 N–H and O–H groups in total. The quantitative estimate of drug-likeness (QED) is 0.426. The van der Waals surface area contributed by atoms with Crippen molar-refractivity contribution in [3.8, 4) is 0 Å². The highest BCUT2D eigenvalue weighted by Gasteiger charge is 2.84. The molecule has 11 atom stereocenters. The van der Waals surface area contributed by atoms with Gasteiger partial charge in [-0.3, -0.25) is 0 Å². The lowest BCUT2D eigenvalue weighted by Gasteiger charge is -2.63. The molecule has 0 aromatic carbocycles. The molecule has 1 heterocycles. The number of aliphatic hydroxyl groups is 3. The smallest absolute Gasteiger partial charge is 0.117 e. The monoisotopic (exact) mass is 446 g/mol. The molecule has 0 amide bonds. The number of aliphatic hydroxyl groups excluding tert-OH is 2. The Balaban J connectivity index is 1.43. The van der Waals surface area contributed by atoms with E-state index in [9.17, 15) is 15.3 Å². The molecule has 1 saturated heterocycles. The van der Waals surface area contributed by atoms with Crippen LogP contribution in [0.15, 0.2) is 11.6 Å². The van der Waals surface area contributed by atoms with Crippen molar-refractivity contribution in [3.05, 3.63) is 11.6 Å². The molecule has 1 aliphatic heterocycles. The third kappa shape index (κ3) is 2.82. The topological polar surface area (TPSA) is 73.2 Å². The number of epoxide rings is 1. The summed E-state index contributed by atoms with van der Waals surface area (Å²) in [5.41, 5.74) is -0.164. The fourth-order valence-corrected chi connectivity index (χ4v) is 9.43. The van der Waals surface area contributed by atoms with Gasteiger partial charge < -0.3 is 20.1 Å². The van der Waals surface area contributed by atoms with Gasteiger partial charge in [0.1, 0.15) is 23.4 Å². The van der Waals surface area contributed by atoms with Crippen LogP contribution in [-0.2, 0) is 4.74 Å². The van der Waals surface area contributed by atoms with E-state index in [1.807, 2.05) is 0 Å². The van der Waals surface area contributed by atoms with Crippen LogP contribution in [0.2, 0.25) is 0 Å². The lowest BCUT2D eigenvalue weighted by molar-refractivity contribution is -0.246. The van der Waals surface area contributed by atoms with Crippen LogP contribution in [0.5, 0.6) is 0 Å². The Labute approximate surface area is 194 Å². The van der Waals surface area contributed by atoms with Gasteiger partial charge in [-0.25, -0.2) is 0 Å². The lowest BCUT2D eigenvalue weighted by Crippen LogP contribution is -2.72. The molecule has 5 aliphatic rings. The van der Waals surface area contributed by atoms with Crippen molar-refractivity contribution in [2.45, 2.75) is 122 Å². The van der Waals surface area contributed by atoms with Gasteiger partial charge in [0.05, 0.1) is 6.10 Å². The van der Waals surface area contributed by atoms with Gasteiger partial charge in [0, 0.05) is 11.8 Å². The van der Waals surface area contributed by atoms with Gasteiger partial charge in [-0.05, 0) is 86.9 Å². The Bertz CT molecular complexity index is 792. The number of rotatable bonds is 4. The van der Waals surface area contributed by atoms with E-state index in [-0.39, 0.29) is 34.9 Å². The van der Waals surface area contributed by atoms with E-state index in [4.69, 9.17) is 4.74 Å². The highest BCUT2D eigenvalue weighted by atomic mass is 16.6. The molecule has 0 radical (unpaired) electrons. The van der Waals surface area contributed by atoms with Crippen molar-refractivity contribution < 1.29 is 20.1 Å². The average molecular weight is 447 g/mol. The van der Waals surface area contributed by atoms with E-state index < -0.39 is 17.8 Å². The SMILES string of the molecule is C/C(=C\C[C@@H](C)[C@H]1CC[C@@H]2[C@]1(C)CC[C@H]1[C@@]23O[C@@H]3[C@H](O)[C@@]2(O)C[C@@H](O)CC[C@]12C)C(C)C. The zero-order valence-electron chi connectivity index (χ0n) is 21.1. The zero-order chi connectivity index (χ0) is 23.3. The molecule has 0 aromatic heterocycles. The van der Waals surface area contributed by atoms with Gasteiger partial charge in [0.2, 0.25) is 0 Å². The summed E-state index contributed by atoms with van der Waals surface area (Å²) in [6, 6.07) is 0. The maximum absolute atomic E-state index is 11.7. The summed E-state index contributed by atoms with van der Waals surface area (Å²) in [6.45, 7) is 13.9. The fourth-order valence-electron chi connectivity index (χ4n) is 9.43. The predicted octanol–water partition coefficient (Wildman–Crippen LogP) is 4.85. The summed E-state index contributed by atoms with van der Waals surface area (Å²) in [6.07, 6.45) is 8.36. The van der Waals surface area contributed by atoms with E-state index in [1.54, 1.807) is 0 Å². The molecule has 1 spiro atoms. The molecular formula is C28H46O4. The molecule has 4 nitrogen and oxygen atoms in total. The molecule has 5 rings (SSSR count). The van der Waals surface area contributed by atoms with Crippen LogP contribution < -0.4 is 0 Å². The molecule has 5 fully saturated rings. The first-order valence-corrected chi connectivity index (χ1v) is 13.3. The third-order valence-electron chi connectivity index (χ3n) is 11.7. The van der Waals surface area contributed by atoms with Crippen LogP contribution in [0.4, 0.5) is 0 Å². The highest BCUT2D eigenvalue weighted by molar-refractivity contribution is 5.32. The second-order valence-electron chi connectivity index (χ2n) is 13.2. The van der Waals surface area contributed by atoms with Crippen LogP contribution in [0.25, 0.3) is 0 Å². The number of ether oxygens (including phenoxy) is 1. The fraction of sp³-hybridized carbons (Fsp3) is 0.929. The first-order chi connectivity index (χ1) is 14.9. The molecule has 4 heteroatoms. The minimum atomic E-state index is -1.24. The minimum absolute atomic E-state index is 0.240. The summed E-state index contributed by atoms with van der Waals surface area (Å²) in [7, 11) is 0. The van der Waals surface area contributed by atoms with Crippen molar-refractivity contribution in [2.24, 2.45) is 40.4 Å². The Morgan fingerprint density at radius 1 is 1.03 bits per heavy atom. The van der Waals surface area contributed by atoms with Crippen LogP contribution in [0.1, 0.15) is 92.9 Å². The maximum Gasteiger partial charge on any atom is 0.117 e. The van der Waals surface area contributed by atoms with E-state index in [0.29, 0.717) is 30.1 Å². The third-order valence-corrected chi connectivity index (χ3v) is 11.7. The van der Waals surface area contributed by atoms with Crippen LogP contribution in [0, 0.1) is 40.4 Å². The standard InChI is InChI=1S/C28H46O4/c1-16(2)17(3)7-8-18(4)20-9-10-21-25(20,5)13-12-22-26(6)14-11-19(29)15-27(26,31)23(30)24-28(21,22)32-24/h7,16,18-24,29-31H,8-15H2,1-6H3/b17-7+/t18-,19+,20-,21-,22-,23+,24-,25-,26-,27+,28+/m1/s1. The normalized spacial score (nSPS) is 55.6. The Morgan fingerprint density at radius 3 is 2.44 bits per heavy atom. The zero-order valence-corrected chi connectivity index (χ0v) is 21.1. The van der Waals surface area contributed by atoms with E-state index in [0.717, 1.165) is 19.3 Å². The number of fused-ring (bicyclic) bond motifs is 3. The maximum atomic E-state index is 11.7. The van der Waals surface area contributed by atoms with E-state index >= 15 is 0 Å². The molecule has 0 unspecified atom stereocenters. The van der Waals surface area contributed by atoms with Crippen LogP contribution in [0.3, 0.4) is 0 Å². The van der Waals surface area contributed by atoms with Gasteiger partial charge in [-0.15, -0.1) is 0 Å². The van der Waals surface area contributed by atoms with Crippen molar-refractivity contribution in [1.29, 1.82) is 0 Å². The van der Waals surface area contributed by atoms with Gasteiger partial charge in [-0.1, -0.05) is 46.3 Å². The second kappa shape index (κ2) is 7.29. The molecular weight excluding hydrogens is 400 g/mol. The summed E-state index contributed by atoms with van der Waals surface area (Å²) < 4.78 is 6.57. The average Bonchev–Trinajstić information content (AvgIpc) is 3.34.